The Hall–Kier alpha value is -2.22. The van der Waals surface area contributed by atoms with Gasteiger partial charge in [0, 0.05) is 13.0 Å². The fourth-order valence-corrected chi connectivity index (χ4v) is 2.61. The average Bonchev–Trinajstić information content (AvgIpc) is 3.18. The molecule has 0 N–H and O–H groups in total. The molecule has 2 nitrogen and oxygen atoms in total. The number of aryl methyl sites for hydroxylation is 2. The van der Waals surface area contributed by atoms with Crippen molar-refractivity contribution >= 4 is 17.5 Å². The Labute approximate surface area is 154 Å². The maximum atomic E-state index is 2.22. The highest BCUT2D eigenvalue weighted by atomic mass is 15.0. The van der Waals surface area contributed by atoms with Crippen molar-refractivity contribution < 1.29 is 9.15 Å². The van der Waals surface area contributed by atoms with Crippen LogP contribution in [0.5, 0.6) is 0 Å². The standard InChI is InChI=1S/C15H18N.C6H10N.C2H6/c1-12-6-7-14(13(2)11-12)8-9-15-5-4-10-16(15)3;1-6-4-3-5-7(6)2;1-2/h4,6-11H,5H2,1-3H3;3,5H,4H2,1-2H3;1-2H3/q2*+1;. The zero-order valence-corrected chi connectivity index (χ0v) is 17.0. The van der Waals surface area contributed by atoms with Gasteiger partial charge in [-0.05, 0) is 43.2 Å². The molecular weight excluding hydrogens is 304 g/mol. The van der Waals surface area contributed by atoms with E-state index in [0.717, 1.165) is 12.8 Å². The van der Waals surface area contributed by atoms with Crippen LogP contribution in [0.2, 0.25) is 0 Å². The molecule has 1 aromatic carbocycles. The Balaban J connectivity index is 0.000000290. The molecule has 2 heterocycles. The van der Waals surface area contributed by atoms with Gasteiger partial charge in [-0.2, -0.15) is 0 Å². The third-order valence-corrected chi connectivity index (χ3v) is 4.33. The van der Waals surface area contributed by atoms with Crippen molar-refractivity contribution in [1.82, 2.24) is 0 Å². The number of allylic oxidation sites excluding steroid dienone is 3. The summed E-state index contributed by atoms with van der Waals surface area (Å²) in [6.45, 7) is 10.4. The summed E-state index contributed by atoms with van der Waals surface area (Å²) in [6, 6.07) is 6.57. The topological polar surface area (TPSA) is 6.02 Å². The van der Waals surface area contributed by atoms with Gasteiger partial charge in [-0.3, -0.25) is 0 Å². The molecule has 0 aromatic heterocycles. The zero-order chi connectivity index (χ0) is 18.8. The molecular formula is C23H34N2+2. The molecule has 0 aliphatic carbocycles. The van der Waals surface area contributed by atoms with E-state index in [-0.39, 0.29) is 0 Å². The first-order chi connectivity index (χ1) is 12.0. The van der Waals surface area contributed by atoms with Gasteiger partial charge in [-0.15, -0.1) is 0 Å². The molecule has 0 saturated carbocycles. The molecule has 0 atom stereocenters. The van der Waals surface area contributed by atoms with Gasteiger partial charge in [-0.25, -0.2) is 9.15 Å². The summed E-state index contributed by atoms with van der Waals surface area (Å²) in [5.41, 5.74) is 6.74. The highest BCUT2D eigenvalue weighted by Crippen LogP contribution is 2.13. The van der Waals surface area contributed by atoms with Gasteiger partial charge in [0.2, 0.25) is 0 Å². The van der Waals surface area contributed by atoms with Crippen LogP contribution in [-0.4, -0.2) is 34.7 Å². The summed E-state index contributed by atoms with van der Waals surface area (Å²) in [6.07, 6.45) is 15.1. The highest BCUT2D eigenvalue weighted by Gasteiger charge is 2.09. The normalized spacial score (nSPS) is 15.5. The predicted octanol–water partition coefficient (Wildman–Crippen LogP) is 5.35. The molecule has 134 valence electrons. The minimum atomic E-state index is 1.04. The van der Waals surface area contributed by atoms with E-state index in [0.29, 0.717) is 0 Å². The van der Waals surface area contributed by atoms with Crippen LogP contribution in [0, 0.1) is 13.8 Å². The van der Waals surface area contributed by atoms with E-state index in [4.69, 9.17) is 0 Å². The van der Waals surface area contributed by atoms with Gasteiger partial charge in [0.05, 0.1) is 12.8 Å². The first-order valence-corrected chi connectivity index (χ1v) is 9.20. The van der Waals surface area contributed by atoms with E-state index in [1.807, 2.05) is 13.8 Å². The molecule has 3 rings (SSSR count). The van der Waals surface area contributed by atoms with Crippen LogP contribution in [-0.2, 0) is 0 Å². The second-order valence-corrected chi connectivity index (χ2v) is 6.32. The molecule has 0 saturated heterocycles. The van der Waals surface area contributed by atoms with Crippen LogP contribution >= 0.6 is 0 Å². The summed E-state index contributed by atoms with van der Waals surface area (Å²) < 4.78 is 4.31. The quantitative estimate of drug-likeness (QED) is 0.641. The number of hydrogen-bond acceptors (Lipinski definition) is 0. The van der Waals surface area contributed by atoms with E-state index in [1.54, 1.807) is 0 Å². The molecule has 0 fully saturated rings. The molecule has 0 unspecified atom stereocenters. The Morgan fingerprint density at radius 1 is 0.840 bits per heavy atom. The van der Waals surface area contributed by atoms with Crippen LogP contribution in [0.4, 0.5) is 0 Å². The lowest BCUT2D eigenvalue weighted by Gasteiger charge is -2.01. The molecule has 2 heteroatoms. The lowest BCUT2D eigenvalue weighted by molar-refractivity contribution is -0.419. The van der Waals surface area contributed by atoms with Gasteiger partial charge in [0.25, 0.3) is 0 Å². The van der Waals surface area contributed by atoms with E-state index >= 15 is 0 Å². The second kappa shape index (κ2) is 10.6. The molecule has 2 aliphatic heterocycles. The molecule has 0 radical (unpaired) electrons. The summed E-state index contributed by atoms with van der Waals surface area (Å²) in [4.78, 5) is 0. The molecule has 2 aliphatic rings. The Morgan fingerprint density at radius 2 is 1.48 bits per heavy atom. The van der Waals surface area contributed by atoms with Crippen LogP contribution in [0.1, 0.15) is 50.3 Å². The summed E-state index contributed by atoms with van der Waals surface area (Å²) in [7, 11) is 4.16. The maximum Gasteiger partial charge on any atom is 0.185 e. The van der Waals surface area contributed by atoms with E-state index < -0.39 is 0 Å². The highest BCUT2D eigenvalue weighted by molar-refractivity contribution is 5.96. The van der Waals surface area contributed by atoms with E-state index in [2.05, 4.69) is 98.9 Å². The maximum absolute atomic E-state index is 2.22. The molecule has 1 aromatic rings. The van der Waals surface area contributed by atoms with Crippen LogP contribution in [0.3, 0.4) is 0 Å². The summed E-state index contributed by atoms with van der Waals surface area (Å²) >= 11 is 0. The smallest absolute Gasteiger partial charge is 0.185 e. The molecule has 0 bridgehead atoms. The third kappa shape index (κ3) is 6.66. The van der Waals surface area contributed by atoms with Gasteiger partial charge in [-0.1, -0.05) is 37.6 Å². The predicted molar refractivity (Wildman–Crippen MR) is 112 cm³/mol. The van der Waals surface area contributed by atoms with Crippen LogP contribution in [0.25, 0.3) is 6.08 Å². The van der Waals surface area contributed by atoms with Crippen molar-refractivity contribution in [3.63, 3.8) is 0 Å². The minimum Gasteiger partial charge on any atom is -0.209 e. The van der Waals surface area contributed by atoms with Crippen molar-refractivity contribution in [2.24, 2.45) is 0 Å². The van der Waals surface area contributed by atoms with Gasteiger partial charge >= 0.3 is 0 Å². The molecule has 0 amide bonds. The Morgan fingerprint density at radius 3 is 1.92 bits per heavy atom. The molecule has 0 spiro atoms. The van der Waals surface area contributed by atoms with Gasteiger partial charge in [0.15, 0.2) is 23.8 Å². The fourth-order valence-electron chi connectivity index (χ4n) is 2.61. The van der Waals surface area contributed by atoms with Gasteiger partial charge < -0.3 is 0 Å². The molecule has 25 heavy (non-hydrogen) atoms. The summed E-state index contributed by atoms with van der Waals surface area (Å²) in [5.74, 6) is 0. The van der Waals surface area contributed by atoms with Crippen molar-refractivity contribution in [2.75, 3.05) is 14.1 Å². The average molecular weight is 339 g/mol. The fraction of sp³-hybridized carbons (Fsp3) is 0.391. The van der Waals surface area contributed by atoms with Crippen molar-refractivity contribution in [1.29, 1.82) is 0 Å². The monoisotopic (exact) mass is 338 g/mol. The minimum absolute atomic E-state index is 1.04. The van der Waals surface area contributed by atoms with Crippen molar-refractivity contribution in [2.45, 2.75) is 47.5 Å². The van der Waals surface area contributed by atoms with E-state index in [9.17, 15) is 0 Å². The second-order valence-electron chi connectivity index (χ2n) is 6.32. The van der Waals surface area contributed by atoms with Gasteiger partial charge in [0.1, 0.15) is 14.1 Å². The van der Waals surface area contributed by atoms with Crippen molar-refractivity contribution in [3.8, 4) is 0 Å². The third-order valence-electron chi connectivity index (χ3n) is 4.33. The Kier molecular flexibility index (Phi) is 8.83. The lowest BCUT2D eigenvalue weighted by Crippen LogP contribution is -2.03. The summed E-state index contributed by atoms with van der Waals surface area (Å²) in [5, 5.41) is 0. The van der Waals surface area contributed by atoms with Crippen LogP contribution < -0.4 is 0 Å². The number of benzene rings is 1. The Bertz CT molecular complexity index is 728. The van der Waals surface area contributed by atoms with E-state index in [1.165, 1.54) is 28.1 Å². The largest absolute Gasteiger partial charge is 0.209 e. The number of nitrogens with zero attached hydrogens (tertiary/aromatic N) is 2. The van der Waals surface area contributed by atoms with Crippen molar-refractivity contribution in [3.05, 3.63) is 65.5 Å². The number of hydrogen-bond donors (Lipinski definition) is 0. The zero-order valence-electron chi connectivity index (χ0n) is 17.0. The van der Waals surface area contributed by atoms with Crippen LogP contribution in [0.15, 0.2) is 48.8 Å². The lowest BCUT2D eigenvalue weighted by atomic mass is 10.0. The number of rotatable bonds is 2. The first kappa shape index (κ1) is 20.8. The SMILES string of the molecule is CC.CC1=[N+](C)C=CC1.Cc1ccc(C=CC2=[N+](C)C=CC2)c(C)c1. The first-order valence-electron chi connectivity index (χ1n) is 9.20.